The number of fused-ring (bicyclic) bond motifs is 1. The molecule has 1 N–H and O–H groups in total. The molecule has 2 aliphatic heterocycles. The zero-order chi connectivity index (χ0) is 18.7. The molecule has 0 unspecified atom stereocenters. The van der Waals surface area contributed by atoms with E-state index in [9.17, 15) is 14.3 Å². The summed E-state index contributed by atoms with van der Waals surface area (Å²) in [5.74, 6) is -0.120. The minimum Gasteiger partial charge on any atom is -0.396 e. The molecule has 1 aromatic carbocycles. The number of rotatable bonds is 5. The lowest BCUT2D eigenvalue weighted by Gasteiger charge is -2.53. The Kier molecular flexibility index (Phi) is 5.95. The molecule has 6 heteroatoms. The van der Waals surface area contributed by atoms with E-state index >= 15 is 0 Å². The average Bonchev–Trinajstić information content (AvgIpc) is 2.63. The van der Waals surface area contributed by atoms with Gasteiger partial charge in [-0.15, -0.1) is 0 Å². The van der Waals surface area contributed by atoms with E-state index in [1.165, 1.54) is 12.1 Å². The lowest BCUT2D eigenvalue weighted by Crippen LogP contribution is -2.62. The second kappa shape index (κ2) is 8.03. The molecule has 1 amide bonds. The van der Waals surface area contributed by atoms with Crippen molar-refractivity contribution in [3.8, 4) is 0 Å². The smallest absolute Gasteiger partial charge is 0.236 e. The molecule has 0 bridgehead atoms. The van der Waals surface area contributed by atoms with Gasteiger partial charge in [-0.3, -0.25) is 9.69 Å². The fourth-order valence-corrected chi connectivity index (χ4v) is 4.53. The Labute approximate surface area is 155 Å². The van der Waals surface area contributed by atoms with Crippen LogP contribution < -0.4 is 0 Å². The molecule has 26 heavy (non-hydrogen) atoms. The lowest BCUT2D eigenvalue weighted by atomic mass is 9.69. The Hall–Kier alpha value is -1.50. The molecular formula is C20H30FN3O2. The molecule has 2 aliphatic rings. The van der Waals surface area contributed by atoms with Gasteiger partial charge in [0.1, 0.15) is 5.82 Å². The van der Waals surface area contributed by atoms with Crippen molar-refractivity contribution in [1.82, 2.24) is 14.7 Å². The Morgan fingerprint density at radius 2 is 2.04 bits per heavy atom. The maximum atomic E-state index is 13.0. The zero-order valence-electron chi connectivity index (χ0n) is 15.8. The van der Waals surface area contributed by atoms with E-state index in [1.807, 2.05) is 16.8 Å². The van der Waals surface area contributed by atoms with Crippen LogP contribution in [0.5, 0.6) is 0 Å². The topological polar surface area (TPSA) is 47.0 Å². The number of hydrogen-bond donors (Lipinski definition) is 1. The normalized spacial score (nSPS) is 26.8. The standard InChI is InChI=1S/C20H30FN3O2/c1-22(12-16-4-6-17(21)7-5-16)14-19(26)24-11-9-20(15-25)8-3-10-23(2)18(20)13-24/h4-7,18,25H,3,8-15H2,1-2H3/t18-,20-/m1/s1. The van der Waals surface area contributed by atoms with Crippen molar-refractivity contribution >= 4 is 5.91 Å². The van der Waals surface area contributed by atoms with Crippen LogP contribution in [0.15, 0.2) is 24.3 Å². The van der Waals surface area contributed by atoms with E-state index in [2.05, 4.69) is 11.9 Å². The molecule has 0 saturated carbocycles. The second-order valence-corrected chi connectivity index (χ2v) is 8.01. The van der Waals surface area contributed by atoms with E-state index in [4.69, 9.17) is 0 Å². The highest BCUT2D eigenvalue weighted by Crippen LogP contribution is 2.41. The van der Waals surface area contributed by atoms with Gasteiger partial charge < -0.3 is 14.9 Å². The molecule has 144 valence electrons. The number of halogens is 1. The fourth-order valence-electron chi connectivity index (χ4n) is 4.53. The summed E-state index contributed by atoms with van der Waals surface area (Å²) in [7, 11) is 4.01. The number of benzene rings is 1. The highest BCUT2D eigenvalue weighted by molar-refractivity contribution is 5.78. The molecule has 3 rings (SSSR count). The summed E-state index contributed by atoms with van der Waals surface area (Å²) in [6, 6.07) is 6.64. The monoisotopic (exact) mass is 363 g/mol. The van der Waals surface area contributed by atoms with Gasteiger partial charge in [0.25, 0.3) is 0 Å². The predicted octanol–water partition coefficient (Wildman–Crippen LogP) is 1.56. The van der Waals surface area contributed by atoms with Crippen LogP contribution in [-0.4, -0.2) is 78.6 Å². The Balaban J connectivity index is 1.57. The summed E-state index contributed by atoms with van der Waals surface area (Å²) in [6.07, 6.45) is 3.03. The van der Waals surface area contributed by atoms with Gasteiger partial charge >= 0.3 is 0 Å². The average molecular weight is 363 g/mol. The SMILES string of the molecule is CN(CC(=O)N1CC[C@@]2(CO)CCCN(C)[C@@H]2C1)Cc1ccc(F)cc1. The Morgan fingerprint density at radius 3 is 2.73 bits per heavy atom. The van der Waals surface area contributed by atoms with Crippen molar-refractivity contribution in [2.45, 2.75) is 31.8 Å². The zero-order valence-corrected chi connectivity index (χ0v) is 15.8. The number of likely N-dealkylation sites (N-methyl/N-ethyl adjacent to an activating group) is 2. The van der Waals surface area contributed by atoms with E-state index in [1.54, 1.807) is 12.1 Å². The van der Waals surface area contributed by atoms with Gasteiger partial charge in [0.2, 0.25) is 5.91 Å². The highest BCUT2D eigenvalue weighted by Gasteiger charge is 2.47. The number of likely N-dealkylation sites (tertiary alicyclic amines) is 2. The van der Waals surface area contributed by atoms with Gasteiger partial charge in [-0.05, 0) is 57.6 Å². The van der Waals surface area contributed by atoms with Gasteiger partial charge in [-0.25, -0.2) is 4.39 Å². The number of aliphatic hydroxyl groups excluding tert-OH is 1. The summed E-state index contributed by atoms with van der Waals surface area (Å²) in [5, 5.41) is 9.98. The molecular weight excluding hydrogens is 333 g/mol. The lowest BCUT2D eigenvalue weighted by molar-refractivity contribution is -0.140. The fraction of sp³-hybridized carbons (Fsp3) is 0.650. The van der Waals surface area contributed by atoms with Crippen LogP contribution in [0.4, 0.5) is 4.39 Å². The molecule has 2 heterocycles. The summed E-state index contributed by atoms with van der Waals surface area (Å²) in [4.78, 5) is 19.0. The largest absolute Gasteiger partial charge is 0.396 e. The maximum absolute atomic E-state index is 13.0. The van der Waals surface area contributed by atoms with Crippen LogP contribution in [0.25, 0.3) is 0 Å². The predicted molar refractivity (Wildman–Crippen MR) is 99.1 cm³/mol. The number of piperidine rings is 2. The number of hydrogen-bond acceptors (Lipinski definition) is 4. The van der Waals surface area contributed by atoms with E-state index < -0.39 is 0 Å². The molecule has 2 atom stereocenters. The first kappa shape index (κ1) is 19.3. The Bertz CT molecular complexity index is 624. The van der Waals surface area contributed by atoms with Crippen LogP contribution in [-0.2, 0) is 11.3 Å². The minimum absolute atomic E-state index is 0.0518. The van der Waals surface area contributed by atoms with Crippen molar-refractivity contribution < 1.29 is 14.3 Å². The number of carbonyl (C=O) groups excluding carboxylic acids is 1. The van der Waals surface area contributed by atoms with Gasteiger partial charge in [-0.1, -0.05) is 12.1 Å². The van der Waals surface area contributed by atoms with Crippen molar-refractivity contribution in [3.63, 3.8) is 0 Å². The summed E-state index contributed by atoms with van der Waals surface area (Å²) >= 11 is 0. The van der Waals surface area contributed by atoms with Crippen LogP contribution >= 0.6 is 0 Å². The minimum atomic E-state index is -0.246. The molecule has 1 aromatic rings. The van der Waals surface area contributed by atoms with Crippen LogP contribution in [0.3, 0.4) is 0 Å². The third-order valence-corrected chi connectivity index (χ3v) is 6.14. The maximum Gasteiger partial charge on any atom is 0.236 e. The quantitative estimate of drug-likeness (QED) is 0.863. The molecule has 2 fully saturated rings. The summed E-state index contributed by atoms with van der Waals surface area (Å²) in [6.45, 7) is 3.60. The summed E-state index contributed by atoms with van der Waals surface area (Å²) < 4.78 is 13.0. The van der Waals surface area contributed by atoms with Crippen molar-refractivity contribution in [1.29, 1.82) is 0 Å². The molecule has 0 aromatic heterocycles. The van der Waals surface area contributed by atoms with Crippen molar-refractivity contribution in [2.24, 2.45) is 5.41 Å². The van der Waals surface area contributed by atoms with Crippen LogP contribution in [0, 0.1) is 11.2 Å². The number of aliphatic hydroxyl groups is 1. The number of nitrogens with zero attached hydrogens (tertiary/aromatic N) is 3. The second-order valence-electron chi connectivity index (χ2n) is 8.01. The van der Waals surface area contributed by atoms with Crippen molar-refractivity contribution in [3.05, 3.63) is 35.6 Å². The first-order valence-electron chi connectivity index (χ1n) is 9.45. The van der Waals surface area contributed by atoms with Crippen LogP contribution in [0.2, 0.25) is 0 Å². The van der Waals surface area contributed by atoms with Gasteiger partial charge in [0.15, 0.2) is 0 Å². The molecule has 0 aliphatic carbocycles. The van der Waals surface area contributed by atoms with E-state index in [-0.39, 0.29) is 29.8 Å². The Morgan fingerprint density at radius 1 is 1.31 bits per heavy atom. The highest BCUT2D eigenvalue weighted by atomic mass is 19.1. The molecule has 5 nitrogen and oxygen atoms in total. The number of amides is 1. The van der Waals surface area contributed by atoms with Gasteiger partial charge in [0, 0.05) is 31.1 Å². The van der Waals surface area contributed by atoms with Crippen molar-refractivity contribution in [2.75, 3.05) is 46.9 Å². The first-order chi connectivity index (χ1) is 12.4. The number of carbonyl (C=O) groups is 1. The van der Waals surface area contributed by atoms with Gasteiger partial charge in [-0.2, -0.15) is 0 Å². The van der Waals surface area contributed by atoms with Gasteiger partial charge in [0.05, 0.1) is 13.2 Å². The first-order valence-corrected chi connectivity index (χ1v) is 9.45. The molecule has 0 radical (unpaired) electrons. The van der Waals surface area contributed by atoms with E-state index in [0.717, 1.165) is 31.4 Å². The van der Waals surface area contributed by atoms with E-state index in [0.29, 0.717) is 26.2 Å². The summed E-state index contributed by atoms with van der Waals surface area (Å²) in [5.41, 5.74) is 0.940. The van der Waals surface area contributed by atoms with Crippen LogP contribution in [0.1, 0.15) is 24.8 Å². The molecule has 0 spiro atoms. The third kappa shape index (κ3) is 4.08. The third-order valence-electron chi connectivity index (χ3n) is 6.14. The molecule has 2 saturated heterocycles.